The lowest BCUT2D eigenvalue weighted by Crippen LogP contribution is -2.67. The van der Waals surface area contributed by atoms with Crippen molar-refractivity contribution in [2.75, 3.05) is 5.32 Å². The summed E-state index contributed by atoms with van der Waals surface area (Å²) in [7, 11) is -2.52. The summed E-state index contributed by atoms with van der Waals surface area (Å²) in [4.78, 5) is 13.1. The van der Waals surface area contributed by atoms with Crippen LogP contribution in [0.1, 0.15) is 34.1 Å². The molecule has 3 nitrogen and oxygen atoms in total. The number of hydrogen-bond acceptors (Lipinski definition) is 2. The first-order chi connectivity index (χ1) is 15.9. The fourth-order valence-corrected chi connectivity index (χ4v) is 11.3. The largest absolute Gasteiger partial charge is 0.355 e. The zero-order valence-electron chi connectivity index (χ0n) is 19.9. The lowest BCUT2D eigenvalue weighted by Gasteiger charge is -2.46. The lowest BCUT2D eigenvalue weighted by molar-refractivity contribution is -0.117. The Morgan fingerprint density at radius 1 is 0.848 bits per heavy atom. The minimum atomic E-state index is -2.52. The summed E-state index contributed by atoms with van der Waals surface area (Å²) in [5, 5.41) is 6.98. The van der Waals surface area contributed by atoms with Crippen molar-refractivity contribution in [1.29, 1.82) is 0 Å². The van der Waals surface area contributed by atoms with Crippen molar-refractivity contribution in [3.05, 3.63) is 102 Å². The average Bonchev–Trinajstić information content (AvgIpc) is 3.61. The van der Waals surface area contributed by atoms with Gasteiger partial charge in [-0.25, -0.2) is 0 Å². The third-order valence-electron chi connectivity index (χ3n) is 6.49. The first-order valence-corrected chi connectivity index (χ1v) is 13.7. The van der Waals surface area contributed by atoms with Gasteiger partial charge in [0.15, 0.2) is 14.2 Å². The van der Waals surface area contributed by atoms with E-state index in [1.165, 1.54) is 15.6 Å². The van der Waals surface area contributed by atoms with Crippen LogP contribution < -0.4 is 15.7 Å². The van der Waals surface area contributed by atoms with Gasteiger partial charge in [0.25, 0.3) is 5.91 Å². The minimum Gasteiger partial charge on any atom is -0.355 e. The van der Waals surface area contributed by atoms with Gasteiger partial charge in [-0.3, -0.25) is 4.79 Å². The second-order valence-corrected chi connectivity index (χ2v) is 14.4. The van der Waals surface area contributed by atoms with E-state index < -0.39 is 14.2 Å². The zero-order valence-corrected chi connectivity index (χ0v) is 20.9. The number of carbonyl (C=O) groups excluding carboxylic acids is 1. The van der Waals surface area contributed by atoms with Crippen LogP contribution in [-0.2, 0) is 9.53 Å². The van der Waals surface area contributed by atoms with Crippen molar-refractivity contribution >= 4 is 30.0 Å². The molecule has 0 aromatic heterocycles. The van der Waals surface area contributed by atoms with E-state index in [2.05, 4.69) is 99.8 Å². The van der Waals surface area contributed by atoms with Crippen LogP contribution in [0.2, 0.25) is 5.04 Å². The normalized spacial score (nSPS) is 18.6. The molecule has 3 aromatic carbocycles. The van der Waals surface area contributed by atoms with Gasteiger partial charge in [0, 0.05) is 5.69 Å². The number of carbonyl (C=O) groups is 1. The van der Waals surface area contributed by atoms with Crippen molar-refractivity contribution in [2.45, 2.75) is 51.4 Å². The quantitative estimate of drug-likeness (QED) is 0.386. The molecule has 0 spiro atoms. The second-order valence-electron chi connectivity index (χ2n) is 9.63. The molecule has 1 aliphatic heterocycles. The van der Waals surface area contributed by atoms with Crippen LogP contribution in [-0.4, -0.2) is 26.2 Å². The highest BCUT2D eigenvalue weighted by Gasteiger charge is 2.59. The van der Waals surface area contributed by atoms with Gasteiger partial charge in [0.2, 0.25) is 0 Å². The molecule has 4 rings (SSSR count). The predicted octanol–water partition coefficient (Wildman–Crippen LogP) is 5.33. The molecule has 3 aromatic rings. The summed E-state index contributed by atoms with van der Waals surface area (Å²) in [5.41, 5.74) is 0.795. The highest BCUT2D eigenvalue weighted by molar-refractivity contribution is 7.09. The van der Waals surface area contributed by atoms with E-state index in [4.69, 9.17) is 4.74 Å². The summed E-state index contributed by atoms with van der Waals surface area (Å²) in [5.74, 6) is -0.0777. The molecular formula is C29H33NO2Si. The number of benzene rings is 3. The molecule has 0 radical (unpaired) electrons. The Morgan fingerprint density at radius 3 is 1.79 bits per heavy atom. The number of para-hydroxylation sites is 1. The number of nitrogens with one attached hydrogen (secondary N) is 1. The molecular weight excluding hydrogens is 422 g/mol. The summed E-state index contributed by atoms with van der Waals surface area (Å²) in [6.07, 6.45) is 2.55. The number of anilines is 1. The third-order valence-corrected chi connectivity index (χ3v) is 12.5. The van der Waals surface area contributed by atoms with E-state index >= 15 is 0 Å². The van der Waals surface area contributed by atoms with Gasteiger partial charge in [-0.15, -0.1) is 0 Å². The zero-order chi connectivity index (χ0) is 23.5. The van der Waals surface area contributed by atoms with Crippen LogP contribution in [0.4, 0.5) is 5.69 Å². The van der Waals surface area contributed by atoms with E-state index in [0.29, 0.717) is 0 Å². The maximum absolute atomic E-state index is 13.1. The van der Waals surface area contributed by atoms with Crippen LogP contribution >= 0.6 is 0 Å². The fraction of sp³-hybridized carbons (Fsp3) is 0.276. The Hall–Kier alpha value is -2.95. The molecule has 1 amide bonds. The average molecular weight is 456 g/mol. The maximum atomic E-state index is 13.1. The smallest absolute Gasteiger partial charge is 0.256 e. The summed E-state index contributed by atoms with van der Waals surface area (Å²) in [6, 6.07) is 31.3. The molecule has 1 N–H and O–H groups in total. The highest BCUT2D eigenvalue weighted by atomic mass is 28.3. The van der Waals surface area contributed by atoms with Crippen molar-refractivity contribution in [2.24, 2.45) is 0 Å². The predicted molar refractivity (Wildman–Crippen MR) is 140 cm³/mol. The first kappa shape index (κ1) is 23.2. The second kappa shape index (κ2) is 9.50. The van der Waals surface area contributed by atoms with E-state index in [9.17, 15) is 4.79 Å². The molecule has 1 fully saturated rings. The molecule has 1 saturated heterocycles. The number of amides is 1. The Morgan fingerprint density at radius 2 is 1.33 bits per heavy atom. The number of rotatable bonds is 7. The first-order valence-electron chi connectivity index (χ1n) is 11.7. The topological polar surface area (TPSA) is 41.6 Å². The van der Waals surface area contributed by atoms with Crippen molar-refractivity contribution in [3.63, 3.8) is 0 Å². The van der Waals surface area contributed by atoms with Crippen molar-refractivity contribution in [3.8, 4) is 0 Å². The Kier molecular flexibility index (Phi) is 6.68. The van der Waals surface area contributed by atoms with Gasteiger partial charge >= 0.3 is 0 Å². The number of hydrogen-bond donors (Lipinski definition) is 1. The van der Waals surface area contributed by atoms with E-state index in [1.54, 1.807) is 0 Å². The van der Waals surface area contributed by atoms with Crippen LogP contribution in [0, 0.1) is 0 Å². The Labute approximate surface area is 198 Å². The number of epoxide rings is 1. The van der Waals surface area contributed by atoms with E-state index in [-0.39, 0.29) is 17.0 Å². The summed E-state index contributed by atoms with van der Waals surface area (Å²) < 4.78 is 6.16. The van der Waals surface area contributed by atoms with E-state index in [1.807, 2.05) is 30.3 Å². The van der Waals surface area contributed by atoms with Gasteiger partial charge in [-0.2, -0.15) is 0 Å². The molecule has 0 unspecified atom stereocenters. The van der Waals surface area contributed by atoms with Gasteiger partial charge in [-0.1, -0.05) is 113 Å². The van der Waals surface area contributed by atoms with E-state index in [0.717, 1.165) is 12.1 Å². The standard InChI is InChI=1S/C29H33NO2Si/c1-5-15-25(26-27(32-26)28(31)30-22-16-9-6-10-17-22)33(29(2,3)4,23-18-11-7-12-19-23)24-20-13-8-14-21-24/h6-21,26-27H,5H2,1-4H3,(H,30,31)/b25-15+/t26-,27+/m0/s1. The molecule has 1 heterocycles. The SMILES string of the molecule is CC/C=C(\[C@@H]1O[C@H]1C(=O)Nc1ccccc1)[Si](c1ccccc1)(c1ccccc1)C(C)(C)C. The van der Waals surface area contributed by atoms with Gasteiger partial charge < -0.3 is 10.1 Å². The summed E-state index contributed by atoms with van der Waals surface area (Å²) >= 11 is 0. The Bertz CT molecular complexity index is 1070. The minimum absolute atomic E-state index is 0.0386. The van der Waals surface area contributed by atoms with Gasteiger partial charge in [0.1, 0.15) is 6.10 Å². The number of allylic oxidation sites excluding steroid dienone is 1. The fourth-order valence-electron chi connectivity index (χ4n) is 5.16. The maximum Gasteiger partial charge on any atom is 0.256 e. The molecule has 0 aliphatic carbocycles. The molecule has 1 aliphatic rings. The lowest BCUT2D eigenvalue weighted by atomic mass is 10.2. The van der Waals surface area contributed by atoms with Crippen LogP contribution in [0.25, 0.3) is 0 Å². The highest BCUT2D eigenvalue weighted by Crippen LogP contribution is 2.46. The van der Waals surface area contributed by atoms with Crippen LogP contribution in [0.5, 0.6) is 0 Å². The molecule has 2 atom stereocenters. The summed E-state index contributed by atoms with van der Waals surface area (Å²) in [6.45, 7) is 9.18. The third kappa shape index (κ3) is 4.46. The monoisotopic (exact) mass is 455 g/mol. The van der Waals surface area contributed by atoms with Crippen molar-refractivity contribution in [1.82, 2.24) is 0 Å². The molecule has 4 heteroatoms. The Balaban J connectivity index is 1.80. The molecule has 0 bridgehead atoms. The molecule has 0 saturated carbocycles. The molecule has 33 heavy (non-hydrogen) atoms. The van der Waals surface area contributed by atoms with Crippen molar-refractivity contribution < 1.29 is 9.53 Å². The molecule has 170 valence electrons. The van der Waals surface area contributed by atoms with Gasteiger partial charge in [-0.05, 0) is 39.2 Å². The van der Waals surface area contributed by atoms with Crippen LogP contribution in [0.3, 0.4) is 0 Å². The van der Waals surface area contributed by atoms with Crippen LogP contribution in [0.15, 0.2) is 102 Å². The number of ether oxygens (including phenoxy) is 1. The van der Waals surface area contributed by atoms with Gasteiger partial charge in [0.05, 0.1) is 0 Å².